The minimum Gasteiger partial charge on any atom is -0.488 e. The summed E-state index contributed by atoms with van der Waals surface area (Å²) in [6, 6.07) is 18.7. The van der Waals surface area contributed by atoms with Gasteiger partial charge in [0.15, 0.2) is 0 Å². The minimum atomic E-state index is -1.86. The first-order valence-corrected chi connectivity index (χ1v) is 15.7. The van der Waals surface area contributed by atoms with Crippen LogP contribution in [0.2, 0.25) is 17.6 Å². The van der Waals surface area contributed by atoms with E-state index in [1.165, 1.54) is 35.4 Å². The van der Waals surface area contributed by atoms with E-state index in [-0.39, 0.29) is 5.60 Å². The maximum Gasteiger partial charge on any atom is 0.122 e. The maximum absolute atomic E-state index is 6.83. The van der Waals surface area contributed by atoms with Gasteiger partial charge in [-0.2, -0.15) is 0 Å². The van der Waals surface area contributed by atoms with Crippen molar-refractivity contribution in [3.8, 4) is 5.75 Å². The fourth-order valence-electron chi connectivity index (χ4n) is 7.05. The van der Waals surface area contributed by atoms with E-state index >= 15 is 0 Å². The molecule has 178 valence electrons. The average molecular weight is 461 g/mol. The Kier molecular flexibility index (Phi) is 6.71. The molecule has 0 bridgehead atoms. The molecule has 2 aliphatic carbocycles. The normalized spacial score (nSPS) is 24.6. The third-order valence-corrected chi connectivity index (χ3v) is 14.6. The molecule has 33 heavy (non-hydrogen) atoms. The molecule has 2 aromatic rings. The van der Waals surface area contributed by atoms with Crippen LogP contribution in [-0.4, -0.2) is 13.7 Å². The molecule has 0 aliphatic heterocycles. The summed E-state index contributed by atoms with van der Waals surface area (Å²) in [4.78, 5) is 0. The molecular formula is C31H44OSi. The van der Waals surface area contributed by atoms with Crippen molar-refractivity contribution < 1.29 is 4.74 Å². The molecule has 0 saturated heterocycles. The van der Waals surface area contributed by atoms with E-state index in [1.807, 2.05) is 0 Å². The quantitative estimate of drug-likeness (QED) is 0.392. The van der Waals surface area contributed by atoms with Crippen LogP contribution in [0.5, 0.6) is 5.75 Å². The lowest BCUT2D eigenvalue weighted by molar-refractivity contribution is 0.130. The number of allylic oxidation sites excluding steroid dienone is 1. The predicted octanol–water partition coefficient (Wildman–Crippen LogP) is 8.52. The topological polar surface area (TPSA) is 9.23 Å². The Hall–Kier alpha value is -1.80. The Morgan fingerprint density at radius 2 is 1.70 bits per heavy atom. The summed E-state index contributed by atoms with van der Waals surface area (Å²) in [7, 11) is -1.86. The zero-order chi connectivity index (χ0) is 24.0. The van der Waals surface area contributed by atoms with E-state index < -0.39 is 8.07 Å². The van der Waals surface area contributed by atoms with E-state index in [2.05, 4.69) is 110 Å². The molecule has 0 aromatic heterocycles. The molecule has 0 N–H and O–H groups in total. The van der Waals surface area contributed by atoms with Gasteiger partial charge in [0.1, 0.15) is 11.4 Å². The minimum absolute atomic E-state index is 0.198. The molecule has 4 atom stereocenters. The zero-order valence-corrected chi connectivity index (χ0v) is 23.1. The molecule has 1 saturated carbocycles. The Balaban J connectivity index is 1.87. The molecule has 0 radical (unpaired) electrons. The van der Waals surface area contributed by atoms with Gasteiger partial charge in [0.25, 0.3) is 0 Å². The Morgan fingerprint density at radius 3 is 2.33 bits per heavy atom. The van der Waals surface area contributed by atoms with E-state index in [0.717, 1.165) is 11.5 Å². The second kappa shape index (κ2) is 9.10. The highest BCUT2D eigenvalue weighted by molar-refractivity contribution is 6.93. The molecular weight excluding hydrogens is 416 g/mol. The van der Waals surface area contributed by atoms with Crippen molar-refractivity contribution in [2.24, 2.45) is 11.8 Å². The number of hydrogen-bond acceptors (Lipinski definition) is 1. The smallest absolute Gasteiger partial charge is 0.122 e. The molecule has 1 fully saturated rings. The van der Waals surface area contributed by atoms with Gasteiger partial charge in [-0.1, -0.05) is 101 Å². The van der Waals surface area contributed by atoms with Gasteiger partial charge in [-0.15, -0.1) is 0 Å². The summed E-state index contributed by atoms with van der Waals surface area (Å²) in [6.07, 6.45) is 6.34. The molecule has 2 aromatic carbocycles. The van der Waals surface area contributed by atoms with Crippen molar-refractivity contribution in [1.82, 2.24) is 0 Å². The number of para-hydroxylation sites is 1. The summed E-state index contributed by atoms with van der Waals surface area (Å²) in [5.41, 5.74) is 4.95. The molecule has 0 amide bonds. The van der Waals surface area contributed by atoms with Crippen LogP contribution >= 0.6 is 0 Å². The standard InChI is InChI=1S/C31H44OSi/c1-9-33(10-2,27-17-13-16-24(21(3)4)30(27)32-31(6,7)8)28-20-22(5)29-25-15-12-11-14-23(25)18-19-26(28)29/h11-19,21-22,26,28-29H,9-10,20H2,1-8H3. The Bertz CT molecular complexity index is 1010. The first-order chi connectivity index (χ1) is 15.6. The number of hydrogen-bond donors (Lipinski definition) is 0. The monoisotopic (exact) mass is 460 g/mol. The summed E-state index contributed by atoms with van der Waals surface area (Å²) in [5.74, 6) is 3.69. The van der Waals surface area contributed by atoms with Crippen LogP contribution in [0.1, 0.15) is 90.3 Å². The van der Waals surface area contributed by atoms with Crippen LogP contribution in [0.15, 0.2) is 48.5 Å². The second-order valence-electron chi connectivity index (χ2n) is 11.9. The van der Waals surface area contributed by atoms with Crippen LogP contribution in [0, 0.1) is 11.8 Å². The van der Waals surface area contributed by atoms with Gasteiger partial charge in [-0.25, -0.2) is 0 Å². The SMILES string of the molecule is CC[Si](CC)(c1cccc(C(C)C)c1OC(C)(C)C)C1CC(C)C2c3ccccc3C=CC21. The van der Waals surface area contributed by atoms with Crippen molar-refractivity contribution in [2.75, 3.05) is 0 Å². The van der Waals surface area contributed by atoms with E-state index in [4.69, 9.17) is 4.74 Å². The maximum atomic E-state index is 6.83. The van der Waals surface area contributed by atoms with Crippen LogP contribution in [0.3, 0.4) is 0 Å². The van der Waals surface area contributed by atoms with Crippen LogP contribution in [0.25, 0.3) is 6.08 Å². The van der Waals surface area contributed by atoms with Gasteiger partial charge in [-0.3, -0.25) is 0 Å². The molecule has 2 heteroatoms. The molecule has 1 nitrogen and oxygen atoms in total. The third-order valence-electron chi connectivity index (χ3n) is 8.55. The fraction of sp³-hybridized carbons (Fsp3) is 0.548. The predicted molar refractivity (Wildman–Crippen MR) is 146 cm³/mol. The molecule has 4 rings (SSSR count). The first kappa shape index (κ1) is 24.3. The summed E-state index contributed by atoms with van der Waals surface area (Å²) < 4.78 is 6.83. The van der Waals surface area contributed by atoms with Crippen LogP contribution in [0.4, 0.5) is 0 Å². The average Bonchev–Trinajstić information content (AvgIpc) is 3.12. The largest absolute Gasteiger partial charge is 0.488 e. The second-order valence-corrected chi connectivity index (χ2v) is 16.9. The van der Waals surface area contributed by atoms with Crippen molar-refractivity contribution in [1.29, 1.82) is 0 Å². The lowest BCUT2D eigenvalue weighted by Gasteiger charge is -2.42. The zero-order valence-electron chi connectivity index (χ0n) is 22.1. The number of rotatable bonds is 6. The van der Waals surface area contributed by atoms with Crippen molar-refractivity contribution in [2.45, 2.75) is 96.9 Å². The lowest BCUT2D eigenvalue weighted by Crippen LogP contribution is -2.53. The molecule has 0 heterocycles. The van der Waals surface area contributed by atoms with E-state index in [1.54, 1.807) is 10.8 Å². The lowest BCUT2D eigenvalue weighted by atomic mass is 9.78. The van der Waals surface area contributed by atoms with Crippen LogP contribution < -0.4 is 9.92 Å². The van der Waals surface area contributed by atoms with Gasteiger partial charge in [0.2, 0.25) is 0 Å². The van der Waals surface area contributed by atoms with Gasteiger partial charge in [-0.05, 0) is 78.3 Å². The highest BCUT2D eigenvalue weighted by atomic mass is 28.3. The Morgan fingerprint density at radius 1 is 1.00 bits per heavy atom. The number of fused-ring (bicyclic) bond motifs is 3. The van der Waals surface area contributed by atoms with Crippen molar-refractivity contribution in [3.05, 3.63) is 65.2 Å². The van der Waals surface area contributed by atoms with E-state index in [9.17, 15) is 0 Å². The first-order valence-electron chi connectivity index (χ1n) is 13.2. The van der Waals surface area contributed by atoms with Gasteiger partial charge < -0.3 is 4.74 Å². The number of benzene rings is 2. The van der Waals surface area contributed by atoms with Gasteiger partial charge in [0, 0.05) is 0 Å². The van der Waals surface area contributed by atoms with Crippen LogP contribution in [-0.2, 0) is 0 Å². The summed E-state index contributed by atoms with van der Waals surface area (Å²) >= 11 is 0. The highest BCUT2D eigenvalue weighted by Gasteiger charge is 2.53. The molecule has 4 unspecified atom stereocenters. The highest BCUT2D eigenvalue weighted by Crippen LogP contribution is 2.59. The van der Waals surface area contributed by atoms with Crippen molar-refractivity contribution >= 4 is 19.3 Å². The van der Waals surface area contributed by atoms with Gasteiger partial charge in [0.05, 0.1) is 8.07 Å². The number of ether oxygens (including phenoxy) is 1. The fourth-order valence-corrected chi connectivity index (χ4v) is 12.7. The Labute approximate surface area is 203 Å². The summed E-state index contributed by atoms with van der Waals surface area (Å²) in [5, 5.41) is 1.58. The summed E-state index contributed by atoms with van der Waals surface area (Å²) in [6.45, 7) is 18.7. The third kappa shape index (κ3) is 4.25. The van der Waals surface area contributed by atoms with E-state index in [0.29, 0.717) is 17.8 Å². The van der Waals surface area contributed by atoms with Gasteiger partial charge >= 0.3 is 0 Å². The molecule has 0 spiro atoms. The molecule has 2 aliphatic rings. The van der Waals surface area contributed by atoms with Crippen molar-refractivity contribution in [3.63, 3.8) is 0 Å².